The molecule has 2 unspecified atom stereocenters. The Hall–Kier alpha value is -1.83. The number of halogens is 4. The normalized spacial score (nSPS) is 17.6. The van der Waals surface area contributed by atoms with E-state index in [-0.39, 0.29) is 12.4 Å². The molecule has 1 saturated heterocycles. The van der Waals surface area contributed by atoms with Crippen LogP contribution in [-0.4, -0.2) is 55.7 Å². The van der Waals surface area contributed by atoms with Crippen molar-refractivity contribution in [2.24, 2.45) is 0 Å². The lowest BCUT2D eigenvalue weighted by Crippen LogP contribution is -2.57. The predicted molar refractivity (Wildman–Crippen MR) is 107 cm³/mol. The molecule has 2 N–H and O–H groups in total. The van der Waals surface area contributed by atoms with Crippen LogP contribution in [0.15, 0.2) is 42.5 Å². The number of nitrogens with zero attached hydrogens (tertiary/aromatic N) is 1. The molecule has 0 spiro atoms. The van der Waals surface area contributed by atoms with E-state index in [0.29, 0.717) is 26.2 Å². The molecule has 1 aliphatic rings. The van der Waals surface area contributed by atoms with Gasteiger partial charge in [-0.25, -0.2) is 0 Å². The molecule has 28 heavy (non-hydrogen) atoms. The molecule has 0 aromatic heterocycles. The third-order valence-electron chi connectivity index (χ3n) is 5.11. The average molecular weight is 416 g/mol. The second-order valence-electron chi connectivity index (χ2n) is 6.92. The zero-order valence-electron chi connectivity index (χ0n) is 15.6. The van der Waals surface area contributed by atoms with Gasteiger partial charge in [-0.15, -0.1) is 12.4 Å². The van der Waals surface area contributed by atoms with Crippen LogP contribution in [0.25, 0.3) is 10.8 Å². The fraction of sp³-hybridized carbons (Fsp3) is 0.450. The molecule has 4 nitrogen and oxygen atoms in total. The smallest absolute Gasteiger partial charge is 0.354 e. The maximum atomic E-state index is 13.4. The third-order valence-corrected chi connectivity index (χ3v) is 5.11. The van der Waals surface area contributed by atoms with Crippen molar-refractivity contribution in [3.8, 4) is 0 Å². The number of hydrogen-bond donors (Lipinski definition) is 2. The van der Waals surface area contributed by atoms with Crippen molar-refractivity contribution in [3.05, 3.63) is 48.0 Å². The van der Waals surface area contributed by atoms with E-state index in [0.717, 1.165) is 16.3 Å². The molecular weight excluding hydrogens is 391 g/mol. The Kier molecular flexibility index (Phi) is 7.69. The van der Waals surface area contributed by atoms with E-state index < -0.39 is 30.6 Å². The largest absolute Gasteiger partial charge is 0.405 e. The molecule has 8 heteroatoms. The number of carbonyl (C=O) groups excluding carboxylic acids is 1. The molecule has 0 aliphatic carbocycles. The molecule has 0 radical (unpaired) electrons. The summed E-state index contributed by atoms with van der Waals surface area (Å²) in [5, 5.41) is 7.62. The highest BCUT2D eigenvalue weighted by Gasteiger charge is 2.43. The van der Waals surface area contributed by atoms with E-state index in [1.54, 1.807) is 6.92 Å². The Labute approximate surface area is 168 Å². The first-order valence-corrected chi connectivity index (χ1v) is 9.14. The zero-order chi connectivity index (χ0) is 19.4. The van der Waals surface area contributed by atoms with Crippen LogP contribution in [0.1, 0.15) is 18.4 Å². The number of benzene rings is 2. The Bertz CT molecular complexity index is 794. The highest BCUT2D eigenvalue weighted by Crippen LogP contribution is 2.26. The number of amides is 1. The number of hydrogen-bond acceptors (Lipinski definition) is 3. The minimum Gasteiger partial charge on any atom is -0.354 e. The highest BCUT2D eigenvalue weighted by molar-refractivity contribution is 5.87. The topological polar surface area (TPSA) is 44.4 Å². The van der Waals surface area contributed by atoms with Gasteiger partial charge in [-0.2, -0.15) is 13.2 Å². The summed E-state index contributed by atoms with van der Waals surface area (Å²) in [4.78, 5) is 13.9. The van der Waals surface area contributed by atoms with E-state index in [4.69, 9.17) is 0 Å². The predicted octanol–water partition coefficient (Wildman–Crippen LogP) is 3.32. The summed E-state index contributed by atoms with van der Waals surface area (Å²) in [5.41, 5.74) is 0.789. The highest BCUT2D eigenvalue weighted by atomic mass is 35.5. The summed E-state index contributed by atoms with van der Waals surface area (Å²) in [6.07, 6.45) is -4.38. The molecule has 2 aromatic carbocycles. The van der Waals surface area contributed by atoms with Crippen molar-refractivity contribution in [3.63, 3.8) is 0 Å². The maximum Gasteiger partial charge on any atom is 0.405 e. The van der Waals surface area contributed by atoms with Gasteiger partial charge in [0.05, 0.1) is 5.92 Å². The van der Waals surface area contributed by atoms with E-state index in [1.165, 1.54) is 4.90 Å². The van der Waals surface area contributed by atoms with Crippen LogP contribution < -0.4 is 10.6 Å². The molecule has 0 saturated carbocycles. The number of carbonyl (C=O) groups is 1. The molecule has 0 bridgehead atoms. The first-order chi connectivity index (χ1) is 12.9. The van der Waals surface area contributed by atoms with Crippen molar-refractivity contribution in [2.45, 2.75) is 25.1 Å². The van der Waals surface area contributed by atoms with Crippen LogP contribution >= 0.6 is 12.4 Å². The van der Waals surface area contributed by atoms with Gasteiger partial charge in [0.1, 0.15) is 6.04 Å². The van der Waals surface area contributed by atoms with Crippen molar-refractivity contribution < 1.29 is 18.0 Å². The second-order valence-corrected chi connectivity index (χ2v) is 6.92. The van der Waals surface area contributed by atoms with Gasteiger partial charge in [0.25, 0.3) is 0 Å². The van der Waals surface area contributed by atoms with Gasteiger partial charge in [0, 0.05) is 32.7 Å². The Morgan fingerprint density at radius 1 is 1.14 bits per heavy atom. The standard InChI is InChI=1S/C20H24F3N3O.ClH/c1-14(16-7-6-15-4-2-3-5-17(15)12-16)19(27)25-13-18(20(21,22)23)26-10-8-24-9-11-26;/h2-7,12,14,18,24H,8-11,13H2,1H3,(H,25,27);1H. The van der Waals surface area contributed by atoms with Gasteiger partial charge in [-0.05, 0) is 23.3 Å². The number of piperazine rings is 1. The molecule has 1 aliphatic heterocycles. The summed E-state index contributed by atoms with van der Waals surface area (Å²) < 4.78 is 40.3. The van der Waals surface area contributed by atoms with E-state index in [2.05, 4.69) is 10.6 Å². The quantitative estimate of drug-likeness (QED) is 0.787. The van der Waals surface area contributed by atoms with E-state index in [1.807, 2.05) is 42.5 Å². The Balaban J connectivity index is 0.00000280. The number of fused-ring (bicyclic) bond motifs is 1. The summed E-state index contributed by atoms with van der Waals surface area (Å²) in [6.45, 7) is 2.97. The van der Waals surface area contributed by atoms with Crippen LogP contribution in [-0.2, 0) is 4.79 Å². The summed E-state index contributed by atoms with van der Waals surface area (Å²) >= 11 is 0. The fourth-order valence-corrected chi connectivity index (χ4v) is 3.42. The van der Waals surface area contributed by atoms with Gasteiger partial charge in [0.2, 0.25) is 5.91 Å². The Morgan fingerprint density at radius 2 is 1.79 bits per heavy atom. The Morgan fingerprint density at radius 3 is 2.43 bits per heavy atom. The van der Waals surface area contributed by atoms with Crippen LogP contribution in [0.4, 0.5) is 13.2 Å². The fourth-order valence-electron chi connectivity index (χ4n) is 3.42. The number of alkyl halides is 3. The first-order valence-electron chi connectivity index (χ1n) is 9.14. The first kappa shape index (κ1) is 22.5. The minimum atomic E-state index is -4.38. The maximum absolute atomic E-state index is 13.4. The molecule has 1 fully saturated rings. The monoisotopic (exact) mass is 415 g/mol. The number of rotatable bonds is 5. The molecule has 3 rings (SSSR count). The second kappa shape index (κ2) is 9.58. The summed E-state index contributed by atoms with van der Waals surface area (Å²) in [5.74, 6) is -0.916. The van der Waals surface area contributed by atoms with Crippen molar-refractivity contribution in [1.29, 1.82) is 0 Å². The third kappa shape index (κ3) is 5.37. The van der Waals surface area contributed by atoms with Crippen LogP contribution in [0, 0.1) is 0 Å². The lowest BCUT2D eigenvalue weighted by molar-refractivity contribution is -0.184. The van der Waals surface area contributed by atoms with Crippen molar-refractivity contribution >= 4 is 29.1 Å². The zero-order valence-corrected chi connectivity index (χ0v) is 16.4. The van der Waals surface area contributed by atoms with E-state index >= 15 is 0 Å². The van der Waals surface area contributed by atoms with Crippen molar-refractivity contribution in [2.75, 3.05) is 32.7 Å². The van der Waals surface area contributed by atoms with Crippen LogP contribution in [0.3, 0.4) is 0 Å². The molecule has 1 heterocycles. The molecule has 1 amide bonds. The van der Waals surface area contributed by atoms with E-state index in [9.17, 15) is 18.0 Å². The lowest BCUT2D eigenvalue weighted by atomic mass is 9.97. The van der Waals surface area contributed by atoms with Gasteiger partial charge in [-0.3, -0.25) is 9.69 Å². The van der Waals surface area contributed by atoms with Gasteiger partial charge in [-0.1, -0.05) is 42.5 Å². The summed E-state index contributed by atoms with van der Waals surface area (Å²) in [7, 11) is 0. The van der Waals surface area contributed by atoms with Gasteiger partial charge < -0.3 is 10.6 Å². The van der Waals surface area contributed by atoms with Gasteiger partial charge >= 0.3 is 6.18 Å². The minimum absolute atomic E-state index is 0. The van der Waals surface area contributed by atoms with Crippen LogP contribution in [0.2, 0.25) is 0 Å². The van der Waals surface area contributed by atoms with Crippen molar-refractivity contribution in [1.82, 2.24) is 15.5 Å². The lowest BCUT2D eigenvalue weighted by Gasteiger charge is -2.36. The molecule has 2 atom stereocenters. The molecular formula is C20H25ClF3N3O. The molecule has 154 valence electrons. The average Bonchev–Trinajstić information content (AvgIpc) is 2.66. The van der Waals surface area contributed by atoms with Gasteiger partial charge in [0.15, 0.2) is 0 Å². The summed E-state index contributed by atoms with van der Waals surface area (Å²) in [6, 6.07) is 11.8. The molecule has 2 aromatic rings. The number of nitrogens with one attached hydrogen (secondary N) is 2. The van der Waals surface area contributed by atoms with Crippen LogP contribution in [0.5, 0.6) is 0 Å². The SMILES string of the molecule is CC(C(=O)NCC(N1CCNCC1)C(F)(F)F)c1ccc2ccccc2c1.Cl.